The Kier molecular flexibility index (Phi) is 5.92. The van der Waals surface area contributed by atoms with Crippen LogP contribution in [0.2, 0.25) is 0 Å². The zero-order valence-electron chi connectivity index (χ0n) is 17.4. The van der Waals surface area contributed by atoms with Crippen molar-refractivity contribution in [2.24, 2.45) is 0 Å². The maximum absolute atomic E-state index is 13.7. The number of anilines is 1. The number of alkyl halides is 3. The molecule has 4 aromatic rings. The molecule has 12 heteroatoms. The number of benzene rings is 1. The molecule has 1 amide bonds. The highest BCUT2D eigenvalue weighted by molar-refractivity contribution is 6.03. The van der Waals surface area contributed by atoms with Gasteiger partial charge in [0.2, 0.25) is 5.88 Å². The van der Waals surface area contributed by atoms with Gasteiger partial charge < -0.3 is 10.1 Å². The predicted molar refractivity (Wildman–Crippen MR) is 113 cm³/mol. The van der Waals surface area contributed by atoms with Crippen LogP contribution < -0.4 is 10.1 Å². The summed E-state index contributed by atoms with van der Waals surface area (Å²) in [6, 6.07) is 14.4. The fourth-order valence-electron chi connectivity index (χ4n) is 2.97. The second-order valence-corrected chi connectivity index (χ2v) is 6.84. The van der Waals surface area contributed by atoms with Crippen molar-refractivity contribution < 1.29 is 22.7 Å². The molecule has 4 rings (SSSR count). The number of hydrogen-bond donors (Lipinski definition) is 1. The van der Waals surface area contributed by atoms with Gasteiger partial charge in [0.25, 0.3) is 5.91 Å². The molecule has 0 aliphatic rings. The maximum atomic E-state index is 13.7. The molecule has 0 aliphatic heterocycles. The zero-order valence-corrected chi connectivity index (χ0v) is 17.4. The normalized spacial score (nSPS) is 11.0. The molecule has 0 bridgehead atoms. The van der Waals surface area contributed by atoms with Crippen LogP contribution in [0.5, 0.6) is 5.88 Å². The Hall–Kier alpha value is -4.79. The molecule has 1 N–H and O–H groups in total. The van der Waals surface area contributed by atoms with Gasteiger partial charge in [-0.25, -0.2) is 9.67 Å². The number of hydrogen-bond acceptors (Lipinski definition) is 7. The minimum Gasteiger partial charge on any atom is -0.481 e. The summed E-state index contributed by atoms with van der Waals surface area (Å²) in [5, 5.41) is 23.0. The van der Waals surface area contributed by atoms with Crippen LogP contribution in [0.3, 0.4) is 0 Å². The summed E-state index contributed by atoms with van der Waals surface area (Å²) in [5.74, 6) is -0.438. The molecular weight excluding hydrogens is 451 g/mol. The van der Waals surface area contributed by atoms with Gasteiger partial charge in [0.15, 0.2) is 17.3 Å². The highest BCUT2D eigenvalue weighted by atomic mass is 19.4. The fourth-order valence-corrected chi connectivity index (χ4v) is 2.97. The number of nitriles is 1. The van der Waals surface area contributed by atoms with Gasteiger partial charge in [-0.2, -0.15) is 23.5 Å². The highest BCUT2D eigenvalue weighted by Crippen LogP contribution is 2.33. The van der Waals surface area contributed by atoms with Crippen LogP contribution in [-0.2, 0) is 6.18 Å². The van der Waals surface area contributed by atoms with Crippen molar-refractivity contribution in [1.29, 1.82) is 5.26 Å². The zero-order chi connectivity index (χ0) is 24.3. The summed E-state index contributed by atoms with van der Waals surface area (Å²) < 4.78 is 46.6. The van der Waals surface area contributed by atoms with Gasteiger partial charge >= 0.3 is 6.18 Å². The van der Waals surface area contributed by atoms with Crippen molar-refractivity contribution in [3.8, 4) is 29.0 Å². The number of carbonyl (C=O) groups is 1. The van der Waals surface area contributed by atoms with E-state index in [2.05, 4.69) is 25.6 Å². The van der Waals surface area contributed by atoms with Crippen molar-refractivity contribution in [3.05, 3.63) is 77.6 Å². The molecule has 0 unspecified atom stereocenters. The van der Waals surface area contributed by atoms with Gasteiger partial charge in [0, 0.05) is 23.4 Å². The molecule has 1 aromatic carbocycles. The van der Waals surface area contributed by atoms with E-state index in [1.807, 2.05) is 6.07 Å². The van der Waals surface area contributed by atoms with Crippen molar-refractivity contribution in [2.75, 3.05) is 12.4 Å². The minimum absolute atomic E-state index is 0.0106. The average molecular weight is 465 g/mol. The standard InChI is InChI=1S/C22H14F3N7O2/c1-34-20-8-5-15(12-27-20)16-10-17(22(23,24)25)32(31-16)19-7-6-18(29-30-19)28-21(33)14-4-2-3-13(9-14)11-26/h2-10,12H,1H3,(H,28,29,33). The summed E-state index contributed by atoms with van der Waals surface area (Å²) in [7, 11) is 1.42. The first-order valence-electron chi connectivity index (χ1n) is 9.62. The molecule has 170 valence electrons. The third kappa shape index (κ3) is 4.68. The van der Waals surface area contributed by atoms with Crippen LogP contribution in [-0.4, -0.2) is 38.0 Å². The summed E-state index contributed by atoms with van der Waals surface area (Å²) >= 11 is 0. The van der Waals surface area contributed by atoms with Crippen LogP contribution >= 0.6 is 0 Å². The number of amides is 1. The molecule has 3 heterocycles. The fraction of sp³-hybridized carbons (Fsp3) is 0.0909. The number of carbonyl (C=O) groups excluding carboxylic acids is 1. The first-order valence-corrected chi connectivity index (χ1v) is 9.62. The van der Waals surface area contributed by atoms with Gasteiger partial charge in [-0.1, -0.05) is 6.07 Å². The van der Waals surface area contributed by atoms with Crippen molar-refractivity contribution in [2.45, 2.75) is 6.18 Å². The Morgan fingerprint density at radius 3 is 2.56 bits per heavy atom. The number of ether oxygens (including phenoxy) is 1. The number of methoxy groups -OCH3 is 1. The van der Waals surface area contributed by atoms with E-state index < -0.39 is 17.8 Å². The van der Waals surface area contributed by atoms with Crippen LogP contribution in [0, 0.1) is 11.3 Å². The number of nitrogens with one attached hydrogen (secondary N) is 1. The minimum atomic E-state index is -4.72. The summed E-state index contributed by atoms with van der Waals surface area (Å²) in [6.45, 7) is 0. The van der Waals surface area contributed by atoms with E-state index in [4.69, 9.17) is 10.00 Å². The number of rotatable bonds is 5. The Bertz CT molecular complexity index is 1380. The molecule has 0 spiro atoms. The Labute approximate surface area is 190 Å². The first kappa shape index (κ1) is 22.4. The molecule has 0 aliphatic carbocycles. The lowest BCUT2D eigenvalue weighted by molar-refractivity contribution is -0.142. The van der Waals surface area contributed by atoms with Gasteiger partial charge in [-0.3, -0.25) is 4.79 Å². The van der Waals surface area contributed by atoms with E-state index in [0.29, 0.717) is 21.7 Å². The largest absolute Gasteiger partial charge is 0.481 e. The second-order valence-electron chi connectivity index (χ2n) is 6.84. The van der Waals surface area contributed by atoms with Crippen LogP contribution in [0.25, 0.3) is 17.1 Å². The second kappa shape index (κ2) is 8.99. The molecule has 0 saturated carbocycles. The SMILES string of the molecule is COc1ccc(-c2cc(C(F)(F)F)n(-c3ccc(NC(=O)c4cccc(C#N)c4)nn3)n2)cn1. The lowest BCUT2D eigenvalue weighted by Gasteiger charge is -2.09. The molecular formula is C22H14F3N7O2. The first-order chi connectivity index (χ1) is 16.3. The smallest absolute Gasteiger partial charge is 0.433 e. The van der Waals surface area contributed by atoms with Gasteiger partial charge in [-0.05, 0) is 42.5 Å². The number of aromatic nitrogens is 5. The van der Waals surface area contributed by atoms with Gasteiger partial charge in [0.1, 0.15) is 0 Å². The van der Waals surface area contributed by atoms with E-state index in [1.165, 1.54) is 49.7 Å². The van der Waals surface area contributed by atoms with E-state index in [9.17, 15) is 18.0 Å². The lowest BCUT2D eigenvalue weighted by Crippen LogP contribution is -2.16. The molecule has 9 nitrogen and oxygen atoms in total. The van der Waals surface area contributed by atoms with E-state index in [1.54, 1.807) is 12.1 Å². The van der Waals surface area contributed by atoms with E-state index in [0.717, 1.165) is 6.07 Å². The average Bonchev–Trinajstić information content (AvgIpc) is 3.31. The molecule has 34 heavy (non-hydrogen) atoms. The Morgan fingerprint density at radius 2 is 1.94 bits per heavy atom. The number of nitrogens with zero attached hydrogens (tertiary/aromatic N) is 6. The van der Waals surface area contributed by atoms with Crippen molar-refractivity contribution in [3.63, 3.8) is 0 Å². The summed E-state index contributed by atoms with van der Waals surface area (Å²) in [4.78, 5) is 16.3. The van der Waals surface area contributed by atoms with Gasteiger partial charge in [-0.15, -0.1) is 10.2 Å². The third-order valence-electron chi connectivity index (χ3n) is 4.60. The monoisotopic (exact) mass is 465 g/mol. The number of halogens is 3. The Balaban J connectivity index is 1.61. The molecule has 0 fully saturated rings. The summed E-state index contributed by atoms with van der Waals surface area (Å²) in [5.41, 5.74) is -0.164. The van der Waals surface area contributed by atoms with Crippen LogP contribution in [0.15, 0.2) is 60.8 Å². The van der Waals surface area contributed by atoms with Crippen LogP contribution in [0.1, 0.15) is 21.6 Å². The Morgan fingerprint density at radius 1 is 1.12 bits per heavy atom. The molecule has 0 radical (unpaired) electrons. The summed E-state index contributed by atoms with van der Waals surface area (Å²) in [6.07, 6.45) is -3.37. The quantitative estimate of drug-likeness (QED) is 0.475. The highest BCUT2D eigenvalue weighted by Gasteiger charge is 2.37. The third-order valence-corrected chi connectivity index (χ3v) is 4.60. The topological polar surface area (TPSA) is 119 Å². The van der Waals surface area contributed by atoms with Crippen molar-refractivity contribution >= 4 is 11.7 Å². The van der Waals surface area contributed by atoms with E-state index >= 15 is 0 Å². The molecule has 0 atom stereocenters. The van der Waals surface area contributed by atoms with E-state index in [-0.39, 0.29) is 22.9 Å². The van der Waals surface area contributed by atoms with Crippen LogP contribution in [0.4, 0.5) is 19.0 Å². The predicted octanol–water partition coefficient (Wildman–Crippen LogP) is 3.88. The van der Waals surface area contributed by atoms with Gasteiger partial charge in [0.05, 0.1) is 24.4 Å². The number of pyridine rings is 1. The van der Waals surface area contributed by atoms with Crippen molar-refractivity contribution in [1.82, 2.24) is 25.0 Å². The molecule has 3 aromatic heterocycles. The lowest BCUT2D eigenvalue weighted by atomic mass is 10.1. The maximum Gasteiger partial charge on any atom is 0.433 e. The molecule has 0 saturated heterocycles.